The zero-order chi connectivity index (χ0) is 11.6. The number of rotatable bonds is 2. The van der Waals surface area contributed by atoms with Crippen molar-refractivity contribution < 1.29 is 0 Å². The van der Waals surface area contributed by atoms with E-state index in [1.165, 1.54) is 6.20 Å². The molecule has 1 aromatic rings. The van der Waals surface area contributed by atoms with E-state index in [0.717, 1.165) is 0 Å². The lowest BCUT2D eigenvalue weighted by Gasteiger charge is -2.28. The standard InChI is InChI=1S/C10H17ClN4/c1-6(10(2,3)4)14-8-7(11)5-13-9(12)15-8/h5-6H,1-4H3,(H3,12,13,14,15). The first-order valence-corrected chi connectivity index (χ1v) is 5.23. The zero-order valence-electron chi connectivity index (χ0n) is 9.50. The zero-order valence-corrected chi connectivity index (χ0v) is 10.3. The van der Waals surface area contributed by atoms with E-state index in [4.69, 9.17) is 17.3 Å². The number of anilines is 2. The van der Waals surface area contributed by atoms with E-state index in [0.29, 0.717) is 10.8 Å². The van der Waals surface area contributed by atoms with Crippen molar-refractivity contribution in [2.75, 3.05) is 11.1 Å². The number of aromatic nitrogens is 2. The molecular formula is C10H17ClN4. The maximum absolute atomic E-state index is 5.95. The summed E-state index contributed by atoms with van der Waals surface area (Å²) in [7, 11) is 0. The molecule has 3 N–H and O–H groups in total. The van der Waals surface area contributed by atoms with Crippen LogP contribution in [0.3, 0.4) is 0 Å². The second-order valence-corrected chi connectivity index (χ2v) is 5.06. The average Bonchev–Trinajstić information content (AvgIpc) is 2.09. The molecule has 0 aliphatic rings. The molecule has 0 radical (unpaired) electrons. The highest BCUT2D eigenvalue weighted by Gasteiger charge is 2.21. The SMILES string of the molecule is CC(Nc1nc(N)ncc1Cl)C(C)(C)C. The van der Waals surface area contributed by atoms with E-state index in [2.05, 4.69) is 43.0 Å². The fourth-order valence-electron chi connectivity index (χ4n) is 0.904. The molecule has 1 rings (SSSR count). The monoisotopic (exact) mass is 228 g/mol. The van der Waals surface area contributed by atoms with Crippen molar-refractivity contribution in [2.45, 2.75) is 33.7 Å². The molecule has 1 unspecified atom stereocenters. The summed E-state index contributed by atoms with van der Waals surface area (Å²) < 4.78 is 0. The van der Waals surface area contributed by atoms with Gasteiger partial charge in [0.1, 0.15) is 5.02 Å². The summed E-state index contributed by atoms with van der Waals surface area (Å²) in [5, 5.41) is 3.71. The Bertz CT molecular complexity index is 346. The summed E-state index contributed by atoms with van der Waals surface area (Å²) in [5.74, 6) is 0.814. The van der Waals surface area contributed by atoms with Crippen LogP contribution in [0.5, 0.6) is 0 Å². The maximum Gasteiger partial charge on any atom is 0.222 e. The second kappa shape index (κ2) is 4.23. The summed E-state index contributed by atoms with van der Waals surface area (Å²) in [6.45, 7) is 8.50. The van der Waals surface area contributed by atoms with Gasteiger partial charge >= 0.3 is 0 Å². The van der Waals surface area contributed by atoms with Crippen LogP contribution < -0.4 is 11.1 Å². The average molecular weight is 229 g/mol. The van der Waals surface area contributed by atoms with Crippen LogP contribution in [0.15, 0.2) is 6.20 Å². The quantitative estimate of drug-likeness (QED) is 0.817. The lowest BCUT2D eigenvalue weighted by molar-refractivity contribution is 0.359. The number of nitrogens with zero attached hydrogens (tertiary/aromatic N) is 2. The van der Waals surface area contributed by atoms with Crippen LogP contribution in [0, 0.1) is 5.41 Å². The molecule has 0 aliphatic carbocycles. The Hall–Kier alpha value is -1.03. The van der Waals surface area contributed by atoms with Gasteiger partial charge in [-0.15, -0.1) is 0 Å². The lowest BCUT2D eigenvalue weighted by atomic mass is 9.88. The molecule has 0 saturated heterocycles. The highest BCUT2D eigenvalue weighted by Crippen LogP contribution is 2.25. The molecule has 0 amide bonds. The minimum Gasteiger partial charge on any atom is -0.368 e. The largest absolute Gasteiger partial charge is 0.368 e. The third kappa shape index (κ3) is 3.23. The van der Waals surface area contributed by atoms with E-state index in [-0.39, 0.29) is 17.4 Å². The molecule has 0 aliphatic heterocycles. The minimum absolute atomic E-state index is 0.128. The van der Waals surface area contributed by atoms with Crippen LogP contribution in [0.25, 0.3) is 0 Å². The molecule has 1 aromatic heterocycles. The molecule has 1 atom stereocenters. The van der Waals surface area contributed by atoms with Crippen molar-refractivity contribution in [3.63, 3.8) is 0 Å². The van der Waals surface area contributed by atoms with E-state index in [1.54, 1.807) is 0 Å². The van der Waals surface area contributed by atoms with Crippen LogP contribution >= 0.6 is 11.6 Å². The van der Waals surface area contributed by atoms with Crippen LogP contribution in [0.2, 0.25) is 5.02 Å². The highest BCUT2D eigenvalue weighted by atomic mass is 35.5. The van der Waals surface area contributed by atoms with Gasteiger partial charge in [0.2, 0.25) is 5.95 Å². The molecule has 0 bridgehead atoms. The van der Waals surface area contributed by atoms with Crippen molar-refractivity contribution in [2.24, 2.45) is 5.41 Å². The van der Waals surface area contributed by atoms with Crippen LogP contribution in [0.4, 0.5) is 11.8 Å². The smallest absolute Gasteiger partial charge is 0.222 e. The van der Waals surface area contributed by atoms with Gasteiger partial charge in [-0.2, -0.15) is 4.98 Å². The maximum atomic E-state index is 5.95. The Morgan fingerprint density at radius 2 is 2.07 bits per heavy atom. The van der Waals surface area contributed by atoms with Gasteiger partial charge in [0.05, 0.1) is 6.20 Å². The predicted octanol–water partition coefficient (Wildman–Crippen LogP) is 2.56. The van der Waals surface area contributed by atoms with Gasteiger partial charge in [-0.25, -0.2) is 4.98 Å². The Labute approximate surface area is 95.3 Å². The van der Waals surface area contributed by atoms with Crippen LogP contribution in [-0.2, 0) is 0 Å². The van der Waals surface area contributed by atoms with Crippen molar-refractivity contribution in [1.82, 2.24) is 9.97 Å². The van der Waals surface area contributed by atoms with E-state index in [1.807, 2.05) is 0 Å². The molecule has 5 heteroatoms. The van der Waals surface area contributed by atoms with Gasteiger partial charge < -0.3 is 11.1 Å². The molecule has 15 heavy (non-hydrogen) atoms. The molecule has 84 valence electrons. The first kappa shape index (κ1) is 12.0. The van der Waals surface area contributed by atoms with Crippen molar-refractivity contribution in [1.29, 1.82) is 0 Å². The molecule has 0 spiro atoms. The molecule has 0 aromatic carbocycles. The second-order valence-electron chi connectivity index (χ2n) is 4.66. The van der Waals surface area contributed by atoms with Gasteiger partial charge in [-0.1, -0.05) is 32.4 Å². The predicted molar refractivity (Wildman–Crippen MR) is 64.0 cm³/mol. The fraction of sp³-hybridized carbons (Fsp3) is 0.600. The summed E-state index contributed by atoms with van der Waals surface area (Å²) in [5.41, 5.74) is 5.62. The van der Waals surface area contributed by atoms with Gasteiger partial charge in [-0.05, 0) is 12.3 Å². The number of hydrogen-bond acceptors (Lipinski definition) is 4. The number of nitrogens with one attached hydrogen (secondary N) is 1. The topological polar surface area (TPSA) is 63.8 Å². The van der Waals surface area contributed by atoms with Gasteiger partial charge in [-0.3, -0.25) is 0 Å². The minimum atomic E-state index is 0.128. The number of hydrogen-bond donors (Lipinski definition) is 2. The number of nitrogen functional groups attached to an aromatic ring is 1. The normalized spacial score (nSPS) is 13.7. The molecular weight excluding hydrogens is 212 g/mol. The van der Waals surface area contributed by atoms with Crippen molar-refractivity contribution in [3.05, 3.63) is 11.2 Å². The van der Waals surface area contributed by atoms with Crippen LogP contribution in [-0.4, -0.2) is 16.0 Å². The van der Waals surface area contributed by atoms with Gasteiger partial charge in [0.15, 0.2) is 5.82 Å². The van der Waals surface area contributed by atoms with Crippen molar-refractivity contribution in [3.8, 4) is 0 Å². The van der Waals surface area contributed by atoms with Gasteiger partial charge in [0, 0.05) is 6.04 Å². The molecule has 4 nitrogen and oxygen atoms in total. The Kier molecular flexibility index (Phi) is 3.39. The first-order chi connectivity index (χ1) is 6.80. The number of halogens is 1. The first-order valence-electron chi connectivity index (χ1n) is 4.85. The van der Waals surface area contributed by atoms with E-state index >= 15 is 0 Å². The Morgan fingerprint density at radius 1 is 1.47 bits per heavy atom. The molecule has 0 saturated carbocycles. The summed E-state index contributed by atoms with van der Waals surface area (Å²) in [4.78, 5) is 7.85. The highest BCUT2D eigenvalue weighted by molar-refractivity contribution is 6.32. The van der Waals surface area contributed by atoms with Gasteiger partial charge in [0.25, 0.3) is 0 Å². The van der Waals surface area contributed by atoms with Crippen LogP contribution in [0.1, 0.15) is 27.7 Å². The third-order valence-corrected chi connectivity index (χ3v) is 2.69. The van der Waals surface area contributed by atoms with E-state index in [9.17, 15) is 0 Å². The van der Waals surface area contributed by atoms with Crippen molar-refractivity contribution >= 4 is 23.4 Å². The molecule has 0 fully saturated rings. The summed E-state index contributed by atoms with van der Waals surface area (Å²) in [6, 6.07) is 0.240. The fourth-order valence-corrected chi connectivity index (χ4v) is 1.05. The van der Waals surface area contributed by atoms with E-state index < -0.39 is 0 Å². The molecule has 1 heterocycles. The summed E-state index contributed by atoms with van der Waals surface area (Å²) in [6.07, 6.45) is 1.50. The Balaban J connectivity index is 2.85. The third-order valence-electron chi connectivity index (χ3n) is 2.42. The lowest BCUT2D eigenvalue weighted by Crippen LogP contribution is -2.31. The Morgan fingerprint density at radius 3 is 2.60 bits per heavy atom. The summed E-state index contributed by atoms with van der Waals surface area (Å²) >= 11 is 5.95. The number of nitrogens with two attached hydrogens (primary N) is 1.